The highest BCUT2D eigenvalue weighted by Gasteiger charge is 2.18. The van der Waals surface area contributed by atoms with Crippen molar-refractivity contribution in [2.75, 3.05) is 12.4 Å². The molecule has 0 aliphatic rings. The van der Waals surface area contributed by atoms with E-state index in [2.05, 4.69) is 5.32 Å². The lowest BCUT2D eigenvalue weighted by atomic mass is 10.2. The maximum absolute atomic E-state index is 12.4. The smallest absolute Gasteiger partial charge is 0.237 e. The first-order valence-corrected chi connectivity index (χ1v) is 8.73. The van der Waals surface area contributed by atoms with Gasteiger partial charge in [-0.1, -0.05) is 30.1 Å². The molecule has 0 aromatic heterocycles. The van der Waals surface area contributed by atoms with Gasteiger partial charge in [-0.25, -0.2) is 0 Å². The number of carbonyl (C=O) groups excluding carboxylic acids is 1. The molecule has 3 nitrogen and oxygen atoms in total. The Kier molecular flexibility index (Phi) is 6.63. The fraction of sp³-hybridized carbons (Fsp3) is 0.235. The molecular formula is C17H17Cl2NO2S. The van der Waals surface area contributed by atoms with Gasteiger partial charge in [0.1, 0.15) is 5.75 Å². The van der Waals surface area contributed by atoms with Crippen molar-refractivity contribution in [3.8, 4) is 5.75 Å². The molecule has 1 amide bonds. The van der Waals surface area contributed by atoms with Crippen molar-refractivity contribution in [2.45, 2.75) is 23.5 Å². The summed E-state index contributed by atoms with van der Waals surface area (Å²) in [6.45, 7) is 1.98. The van der Waals surface area contributed by atoms with Gasteiger partial charge >= 0.3 is 0 Å². The third kappa shape index (κ3) is 5.06. The second-order valence-electron chi connectivity index (χ2n) is 4.81. The summed E-state index contributed by atoms with van der Waals surface area (Å²) in [6, 6.07) is 12.6. The highest BCUT2D eigenvalue weighted by atomic mass is 35.5. The molecule has 0 fully saturated rings. The second-order valence-corrected chi connectivity index (χ2v) is 6.93. The van der Waals surface area contributed by atoms with Crippen LogP contribution in [0.2, 0.25) is 10.0 Å². The average molecular weight is 370 g/mol. The Morgan fingerprint density at radius 1 is 1.22 bits per heavy atom. The number of halogens is 2. The highest BCUT2D eigenvalue weighted by molar-refractivity contribution is 8.00. The molecule has 0 saturated carbocycles. The summed E-state index contributed by atoms with van der Waals surface area (Å²) in [4.78, 5) is 13.5. The third-order valence-electron chi connectivity index (χ3n) is 3.17. The molecule has 2 aromatic carbocycles. The molecule has 2 aromatic rings. The van der Waals surface area contributed by atoms with Crippen LogP contribution in [0.25, 0.3) is 0 Å². The maximum Gasteiger partial charge on any atom is 0.237 e. The van der Waals surface area contributed by atoms with E-state index < -0.39 is 0 Å². The van der Waals surface area contributed by atoms with Crippen LogP contribution in [0.4, 0.5) is 5.69 Å². The van der Waals surface area contributed by atoms with E-state index in [-0.39, 0.29) is 11.2 Å². The molecule has 1 N–H and O–H groups in total. The number of nitrogens with one attached hydrogen (secondary N) is 1. The molecular weight excluding hydrogens is 353 g/mol. The highest BCUT2D eigenvalue weighted by Crippen LogP contribution is 2.30. The minimum absolute atomic E-state index is 0.0614. The number of amides is 1. The first-order valence-electron chi connectivity index (χ1n) is 7.10. The average Bonchev–Trinajstić information content (AvgIpc) is 2.54. The lowest BCUT2D eigenvalue weighted by Gasteiger charge is -2.15. The first-order chi connectivity index (χ1) is 11.0. The van der Waals surface area contributed by atoms with Crippen LogP contribution in [0.15, 0.2) is 47.4 Å². The van der Waals surface area contributed by atoms with Gasteiger partial charge in [-0.2, -0.15) is 0 Å². The maximum atomic E-state index is 12.4. The number of hydrogen-bond acceptors (Lipinski definition) is 3. The third-order valence-corrected chi connectivity index (χ3v) is 5.10. The van der Waals surface area contributed by atoms with Gasteiger partial charge in [0.15, 0.2) is 0 Å². The van der Waals surface area contributed by atoms with Crippen LogP contribution < -0.4 is 10.1 Å². The quantitative estimate of drug-likeness (QED) is 0.682. The normalized spacial score (nSPS) is 11.8. The predicted octanol–water partition coefficient (Wildman–Crippen LogP) is 5.51. The van der Waals surface area contributed by atoms with Gasteiger partial charge in [-0.15, -0.1) is 11.8 Å². The SMILES string of the molecule is CC[C@H](Sc1ccc(Cl)cc1)C(=O)Nc1ccc(OC)c(Cl)c1. The van der Waals surface area contributed by atoms with E-state index in [0.29, 0.717) is 27.9 Å². The Hall–Kier alpha value is -1.36. The fourth-order valence-corrected chi connectivity index (χ4v) is 3.30. The van der Waals surface area contributed by atoms with Crippen LogP contribution in [-0.2, 0) is 4.79 Å². The lowest BCUT2D eigenvalue weighted by Crippen LogP contribution is -2.24. The zero-order chi connectivity index (χ0) is 16.8. The standard InChI is InChI=1S/C17H17Cl2NO2S/c1-3-16(23-13-7-4-11(18)5-8-13)17(21)20-12-6-9-15(22-2)14(19)10-12/h4-10,16H,3H2,1-2H3,(H,20,21)/t16-/m0/s1. The number of thioether (sulfide) groups is 1. The summed E-state index contributed by atoms with van der Waals surface area (Å²) in [5.74, 6) is 0.515. The summed E-state index contributed by atoms with van der Waals surface area (Å²) in [7, 11) is 1.55. The summed E-state index contributed by atoms with van der Waals surface area (Å²) in [5.41, 5.74) is 0.649. The molecule has 0 unspecified atom stereocenters. The number of carbonyl (C=O) groups is 1. The molecule has 0 aliphatic carbocycles. The van der Waals surface area contributed by atoms with Crippen molar-refractivity contribution in [1.82, 2.24) is 0 Å². The van der Waals surface area contributed by atoms with Crippen molar-refractivity contribution in [3.63, 3.8) is 0 Å². The minimum Gasteiger partial charge on any atom is -0.495 e. The van der Waals surface area contributed by atoms with Crippen molar-refractivity contribution >= 4 is 46.6 Å². The first kappa shape index (κ1) is 18.0. The Bertz CT molecular complexity index is 677. The van der Waals surface area contributed by atoms with Crippen molar-refractivity contribution in [3.05, 3.63) is 52.5 Å². The van der Waals surface area contributed by atoms with Gasteiger partial charge in [0.05, 0.1) is 17.4 Å². The fourth-order valence-electron chi connectivity index (χ4n) is 1.97. The molecule has 23 heavy (non-hydrogen) atoms. The Morgan fingerprint density at radius 2 is 1.91 bits per heavy atom. The number of ether oxygens (including phenoxy) is 1. The lowest BCUT2D eigenvalue weighted by molar-refractivity contribution is -0.115. The molecule has 0 radical (unpaired) electrons. The summed E-state index contributed by atoms with van der Waals surface area (Å²) in [5, 5.41) is 3.84. The monoisotopic (exact) mass is 369 g/mol. The van der Waals surface area contributed by atoms with E-state index in [1.54, 1.807) is 25.3 Å². The van der Waals surface area contributed by atoms with Crippen LogP contribution in [-0.4, -0.2) is 18.3 Å². The summed E-state index contributed by atoms with van der Waals surface area (Å²) in [6.07, 6.45) is 0.711. The topological polar surface area (TPSA) is 38.3 Å². The molecule has 0 heterocycles. The van der Waals surface area contributed by atoms with Crippen molar-refractivity contribution in [1.29, 1.82) is 0 Å². The zero-order valence-electron chi connectivity index (χ0n) is 12.8. The molecule has 1 atom stereocenters. The van der Waals surface area contributed by atoms with E-state index in [4.69, 9.17) is 27.9 Å². The van der Waals surface area contributed by atoms with Crippen LogP contribution in [0.5, 0.6) is 5.75 Å². The number of anilines is 1. The van der Waals surface area contributed by atoms with Crippen LogP contribution in [0.3, 0.4) is 0 Å². The number of hydrogen-bond donors (Lipinski definition) is 1. The van der Waals surface area contributed by atoms with Gasteiger partial charge in [-0.05, 0) is 48.9 Å². The van der Waals surface area contributed by atoms with Crippen LogP contribution in [0, 0.1) is 0 Å². The van der Waals surface area contributed by atoms with E-state index >= 15 is 0 Å². The molecule has 0 spiro atoms. The molecule has 122 valence electrons. The Morgan fingerprint density at radius 3 is 2.48 bits per heavy atom. The molecule has 0 aliphatic heterocycles. The molecule has 0 bridgehead atoms. The van der Waals surface area contributed by atoms with Gasteiger partial charge in [-0.3, -0.25) is 4.79 Å². The number of rotatable bonds is 6. The van der Waals surface area contributed by atoms with E-state index in [9.17, 15) is 4.79 Å². The second kappa shape index (κ2) is 8.48. The van der Waals surface area contributed by atoms with Gasteiger partial charge in [0.2, 0.25) is 5.91 Å². The van der Waals surface area contributed by atoms with Gasteiger partial charge < -0.3 is 10.1 Å². The predicted molar refractivity (Wildman–Crippen MR) is 98.0 cm³/mol. The molecule has 2 rings (SSSR count). The van der Waals surface area contributed by atoms with E-state index in [1.807, 2.05) is 31.2 Å². The Labute approximate surface area is 150 Å². The molecule has 6 heteroatoms. The Balaban J connectivity index is 2.04. The zero-order valence-corrected chi connectivity index (χ0v) is 15.1. The van der Waals surface area contributed by atoms with Crippen LogP contribution >= 0.6 is 35.0 Å². The number of benzene rings is 2. The number of methoxy groups -OCH3 is 1. The molecule has 0 saturated heterocycles. The van der Waals surface area contributed by atoms with Crippen LogP contribution in [0.1, 0.15) is 13.3 Å². The summed E-state index contributed by atoms with van der Waals surface area (Å²) < 4.78 is 5.10. The van der Waals surface area contributed by atoms with Gasteiger partial charge in [0, 0.05) is 15.6 Å². The van der Waals surface area contributed by atoms with Gasteiger partial charge in [0.25, 0.3) is 0 Å². The minimum atomic E-state index is -0.197. The van der Waals surface area contributed by atoms with E-state index in [1.165, 1.54) is 11.8 Å². The largest absolute Gasteiger partial charge is 0.495 e. The summed E-state index contributed by atoms with van der Waals surface area (Å²) >= 11 is 13.5. The van der Waals surface area contributed by atoms with E-state index in [0.717, 1.165) is 4.90 Å². The van der Waals surface area contributed by atoms with Crippen molar-refractivity contribution in [2.24, 2.45) is 0 Å². The van der Waals surface area contributed by atoms with Crippen molar-refractivity contribution < 1.29 is 9.53 Å².